The summed E-state index contributed by atoms with van der Waals surface area (Å²) >= 11 is 0. The van der Waals surface area contributed by atoms with Gasteiger partial charge in [0.2, 0.25) is 0 Å². The first kappa shape index (κ1) is 14.0. The van der Waals surface area contributed by atoms with Gasteiger partial charge in [-0.3, -0.25) is 0 Å². The predicted octanol–water partition coefficient (Wildman–Crippen LogP) is 3.98. The van der Waals surface area contributed by atoms with Crippen molar-refractivity contribution in [2.75, 3.05) is 24.3 Å². The lowest BCUT2D eigenvalue weighted by Gasteiger charge is -2.31. The van der Waals surface area contributed by atoms with E-state index in [4.69, 9.17) is 14.9 Å². The minimum Gasteiger partial charge on any atom is -0.497 e. The highest BCUT2D eigenvalue weighted by Crippen LogP contribution is 2.33. The average molecular weight is 308 g/mol. The average Bonchev–Trinajstić information content (AvgIpc) is 2.97. The fourth-order valence-electron chi connectivity index (χ4n) is 3.36. The molecule has 1 aromatic heterocycles. The van der Waals surface area contributed by atoms with E-state index in [9.17, 15) is 0 Å². The molecule has 3 aromatic rings. The van der Waals surface area contributed by atoms with Gasteiger partial charge < -0.3 is 19.8 Å². The zero-order valence-corrected chi connectivity index (χ0v) is 13.2. The highest BCUT2D eigenvalue weighted by Gasteiger charge is 2.19. The summed E-state index contributed by atoms with van der Waals surface area (Å²) in [6, 6.07) is 14.1. The molecule has 0 fully saturated rings. The van der Waals surface area contributed by atoms with Crippen molar-refractivity contribution in [3.63, 3.8) is 0 Å². The predicted molar refractivity (Wildman–Crippen MR) is 93.0 cm³/mol. The molecular weight excluding hydrogens is 288 g/mol. The van der Waals surface area contributed by atoms with Crippen molar-refractivity contribution in [2.45, 2.75) is 19.4 Å². The van der Waals surface area contributed by atoms with Gasteiger partial charge in [-0.1, -0.05) is 6.07 Å². The van der Waals surface area contributed by atoms with E-state index < -0.39 is 0 Å². The molecule has 4 rings (SSSR count). The lowest BCUT2D eigenvalue weighted by atomic mass is 10.00. The van der Waals surface area contributed by atoms with Crippen molar-refractivity contribution in [2.24, 2.45) is 0 Å². The molecule has 0 radical (unpaired) electrons. The second-order valence-corrected chi connectivity index (χ2v) is 5.99. The Morgan fingerprint density at radius 3 is 3.00 bits per heavy atom. The Kier molecular flexibility index (Phi) is 3.37. The number of benzene rings is 2. The van der Waals surface area contributed by atoms with E-state index in [1.54, 1.807) is 7.11 Å². The van der Waals surface area contributed by atoms with Gasteiger partial charge in [-0.15, -0.1) is 0 Å². The zero-order chi connectivity index (χ0) is 15.8. The van der Waals surface area contributed by atoms with Crippen LogP contribution in [0, 0.1) is 0 Å². The van der Waals surface area contributed by atoms with E-state index in [2.05, 4.69) is 17.0 Å². The SMILES string of the molecule is COc1ccc2oc(CN3CCCc4c(N)cccc43)cc2c1. The van der Waals surface area contributed by atoms with Crippen LogP contribution in [-0.2, 0) is 13.0 Å². The number of nitrogen functional groups attached to an aromatic ring is 1. The number of fused-ring (bicyclic) bond motifs is 2. The van der Waals surface area contributed by atoms with Crippen LogP contribution < -0.4 is 15.4 Å². The highest BCUT2D eigenvalue weighted by atomic mass is 16.5. The van der Waals surface area contributed by atoms with Gasteiger partial charge in [-0.25, -0.2) is 0 Å². The molecule has 1 aliphatic rings. The standard InChI is InChI=1S/C19H20N2O2/c1-22-14-7-8-19-13(10-14)11-15(23-19)12-21-9-3-4-16-17(20)5-2-6-18(16)21/h2,5-8,10-11H,3-4,9,12,20H2,1H3. The maximum atomic E-state index is 6.13. The van der Waals surface area contributed by atoms with E-state index >= 15 is 0 Å². The Morgan fingerprint density at radius 1 is 1.22 bits per heavy atom. The van der Waals surface area contributed by atoms with Crippen molar-refractivity contribution >= 4 is 22.3 Å². The van der Waals surface area contributed by atoms with E-state index in [1.807, 2.05) is 30.3 Å². The molecule has 0 spiro atoms. The van der Waals surface area contributed by atoms with Gasteiger partial charge in [0.05, 0.1) is 13.7 Å². The first-order chi connectivity index (χ1) is 11.2. The van der Waals surface area contributed by atoms with Gasteiger partial charge in [-0.2, -0.15) is 0 Å². The summed E-state index contributed by atoms with van der Waals surface area (Å²) < 4.78 is 11.3. The minimum absolute atomic E-state index is 0.757. The number of hydrogen-bond donors (Lipinski definition) is 1. The number of nitrogens with zero attached hydrogens (tertiary/aromatic N) is 1. The first-order valence-corrected chi connectivity index (χ1v) is 7.93. The van der Waals surface area contributed by atoms with E-state index in [1.165, 1.54) is 11.3 Å². The highest BCUT2D eigenvalue weighted by molar-refractivity contribution is 5.79. The monoisotopic (exact) mass is 308 g/mol. The van der Waals surface area contributed by atoms with Crippen molar-refractivity contribution in [1.29, 1.82) is 0 Å². The molecule has 0 atom stereocenters. The normalized spacial score (nSPS) is 14.0. The molecule has 4 nitrogen and oxygen atoms in total. The summed E-state index contributed by atoms with van der Waals surface area (Å²) in [7, 11) is 1.68. The smallest absolute Gasteiger partial charge is 0.134 e. The van der Waals surface area contributed by atoms with Gasteiger partial charge in [0.1, 0.15) is 17.1 Å². The lowest BCUT2D eigenvalue weighted by molar-refractivity contribution is 0.415. The van der Waals surface area contributed by atoms with E-state index in [-0.39, 0.29) is 0 Å². The van der Waals surface area contributed by atoms with Gasteiger partial charge in [-0.05, 0) is 54.8 Å². The molecule has 1 aliphatic heterocycles. The molecule has 4 heteroatoms. The lowest BCUT2D eigenvalue weighted by Crippen LogP contribution is -2.29. The molecule has 0 aliphatic carbocycles. The van der Waals surface area contributed by atoms with Gasteiger partial charge in [0, 0.05) is 23.3 Å². The fourth-order valence-corrected chi connectivity index (χ4v) is 3.36. The van der Waals surface area contributed by atoms with Crippen molar-refractivity contribution in [3.05, 3.63) is 53.8 Å². The van der Waals surface area contributed by atoms with Gasteiger partial charge >= 0.3 is 0 Å². The third kappa shape index (κ3) is 2.50. The van der Waals surface area contributed by atoms with Crippen LogP contribution >= 0.6 is 0 Å². The van der Waals surface area contributed by atoms with Crippen LogP contribution in [0.1, 0.15) is 17.7 Å². The summed E-state index contributed by atoms with van der Waals surface area (Å²) in [4.78, 5) is 2.35. The molecule has 2 N–H and O–H groups in total. The quantitative estimate of drug-likeness (QED) is 0.744. The Hall–Kier alpha value is -2.62. The number of methoxy groups -OCH3 is 1. The maximum absolute atomic E-state index is 6.13. The molecule has 0 bridgehead atoms. The summed E-state index contributed by atoms with van der Waals surface area (Å²) in [5.74, 6) is 1.81. The molecule has 0 saturated heterocycles. The Labute approximate surface area is 135 Å². The Bertz CT molecular complexity index is 854. The molecule has 0 unspecified atom stereocenters. The molecular formula is C19H20N2O2. The fraction of sp³-hybridized carbons (Fsp3) is 0.263. The maximum Gasteiger partial charge on any atom is 0.134 e. The van der Waals surface area contributed by atoms with Crippen LogP contribution in [0.2, 0.25) is 0 Å². The summed E-state index contributed by atoms with van der Waals surface area (Å²) in [5, 5.41) is 1.07. The molecule has 2 aromatic carbocycles. The zero-order valence-electron chi connectivity index (χ0n) is 13.2. The van der Waals surface area contributed by atoms with E-state index in [0.717, 1.165) is 54.1 Å². The number of furan rings is 1. The number of ether oxygens (including phenoxy) is 1. The Balaban J connectivity index is 1.65. The van der Waals surface area contributed by atoms with Crippen molar-refractivity contribution < 1.29 is 9.15 Å². The van der Waals surface area contributed by atoms with Crippen LogP contribution in [0.15, 0.2) is 46.9 Å². The van der Waals surface area contributed by atoms with E-state index in [0.29, 0.717) is 0 Å². The summed E-state index contributed by atoms with van der Waals surface area (Å²) in [5.41, 5.74) is 10.4. The number of hydrogen-bond acceptors (Lipinski definition) is 4. The second-order valence-electron chi connectivity index (χ2n) is 5.99. The van der Waals surface area contributed by atoms with Crippen molar-refractivity contribution in [3.8, 4) is 5.75 Å². The molecule has 0 amide bonds. The number of nitrogens with two attached hydrogens (primary N) is 1. The summed E-state index contributed by atoms with van der Waals surface area (Å²) in [6.07, 6.45) is 2.17. The molecule has 0 saturated carbocycles. The van der Waals surface area contributed by atoms with Crippen LogP contribution in [0.5, 0.6) is 5.75 Å². The second kappa shape index (κ2) is 5.54. The Morgan fingerprint density at radius 2 is 2.13 bits per heavy atom. The summed E-state index contributed by atoms with van der Waals surface area (Å²) in [6.45, 7) is 1.78. The van der Waals surface area contributed by atoms with Gasteiger partial charge in [0.25, 0.3) is 0 Å². The van der Waals surface area contributed by atoms with Crippen LogP contribution in [0.3, 0.4) is 0 Å². The first-order valence-electron chi connectivity index (χ1n) is 7.93. The number of rotatable bonds is 3. The molecule has 23 heavy (non-hydrogen) atoms. The largest absolute Gasteiger partial charge is 0.497 e. The molecule has 118 valence electrons. The topological polar surface area (TPSA) is 51.6 Å². The third-order valence-corrected chi connectivity index (χ3v) is 4.50. The van der Waals surface area contributed by atoms with Crippen LogP contribution in [0.25, 0.3) is 11.0 Å². The van der Waals surface area contributed by atoms with Crippen molar-refractivity contribution in [1.82, 2.24) is 0 Å². The molecule has 2 heterocycles. The van der Waals surface area contributed by atoms with Gasteiger partial charge in [0.15, 0.2) is 0 Å². The van der Waals surface area contributed by atoms with Crippen LogP contribution in [0.4, 0.5) is 11.4 Å². The minimum atomic E-state index is 0.757. The third-order valence-electron chi connectivity index (χ3n) is 4.50. The number of anilines is 2. The van der Waals surface area contributed by atoms with Crippen LogP contribution in [-0.4, -0.2) is 13.7 Å².